The molecule has 0 radical (unpaired) electrons. The number of para-hydroxylation sites is 1. The molecule has 96 valence electrons. The smallest absolute Gasteiger partial charge is 0.0840 e. The van der Waals surface area contributed by atoms with E-state index < -0.39 is 0 Å². The van der Waals surface area contributed by atoms with Crippen LogP contribution in [0.2, 0.25) is 0 Å². The Morgan fingerprint density at radius 1 is 1.33 bits per heavy atom. The van der Waals surface area contributed by atoms with Gasteiger partial charge < -0.3 is 10.5 Å². The molecule has 2 unspecified atom stereocenters. The summed E-state index contributed by atoms with van der Waals surface area (Å²) in [5.41, 5.74) is 8.03. The number of ether oxygens (including phenoxy) is 1. The molecule has 2 N–H and O–H groups in total. The molecule has 2 aromatic rings. The number of fused-ring (bicyclic) bond motifs is 1. The average Bonchev–Trinajstić information content (AvgIpc) is 2.45. The fourth-order valence-corrected chi connectivity index (χ4v) is 2.20. The maximum absolute atomic E-state index is 6.40. The predicted octanol–water partition coefficient (Wildman–Crippen LogP) is 3.05. The van der Waals surface area contributed by atoms with Gasteiger partial charge in [0.25, 0.3) is 0 Å². The van der Waals surface area contributed by atoms with Crippen LogP contribution in [-0.4, -0.2) is 17.7 Å². The maximum atomic E-state index is 6.40. The SMILES string of the molecule is CCC(C)(OC)C(N)c1cccc2cccnc12. The van der Waals surface area contributed by atoms with Crippen molar-refractivity contribution in [3.8, 4) is 0 Å². The number of hydrogen-bond donors (Lipinski definition) is 1. The van der Waals surface area contributed by atoms with Crippen molar-refractivity contribution in [1.82, 2.24) is 4.98 Å². The van der Waals surface area contributed by atoms with Gasteiger partial charge in [-0.25, -0.2) is 0 Å². The normalized spacial score (nSPS) is 16.4. The van der Waals surface area contributed by atoms with Crippen molar-refractivity contribution in [2.24, 2.45) is 5.73 Å². The van der Waals surface area contributed by atoms with E-state index >= 15 is 0 Å². The molecule has 0 aliphatic rings. The molecule has 0 fully saturated rings. The minimum atomic E-state index is -0.369. The molecule has 0 aliphatic carbocycles. The first-order valence-corrected chi connectivity index (χ1v) is 6.26. The number of benzene rings is 1. The van der Waals surface area contributed by atoms with Crippen molar-refractivity contribution in [2.75, 3.05) is 7.11 Å². The van der Waals surface area contributed by atoms with Crippen LogP contribution in [0, 0.1) is 0 Å². The molecule has 0 aliphatic heterocycles. The molecule has 0 amide bonds. The number of hydrogen-bond acceptors (Lipinski definition) is 3. The van der Waals surface area contributed by atoms with Crippen LogP contribution in [0.15, 0.2) is 36.5 Å². The molecular weight excluding hydrogens is 224 g/mol. The highest BCUT2D eigenvalue weighted by Gasteiger charge is 2.32. The highest BCUT2D eigenvalue weighted by molar-refractivity contribution is 5.82. The van der Waals surface area contributed by atoms with Crippen molar-refractivity contribution in [1.29, 1.82) is 0 Å². The van der Waals surface area contributed by atoms with Crippen LogP contribution in [0.4, 0.5) is 0 Å². The molecule has 2 atom stereocenters. The largest absolute Gasteiger partial charge is 0.377 e. The Bertz CT molecular complexity index is 530. The zero-order valence-corrected chi connectivity index (χ0v) is 11.2. The van der Waals surface area contributed by atoms with Gasteiger partial charge in [-0.15, -0.1) is 0 Å². The summed E-state index contributed by atoms with van der Waals surface area (Å²) in [6.45, 7) is 4.13. The average molecular weight is 244 g/mol. The molecule has 18 heavy (non-hydrogen) atoms. The van der Waals surface area contributed by atoms with Gasteiger partial charge in [0.15, 0.2) is 0 Å². The van der Waals surface area contributed by atoms with Crippen molar-refractivity contribution in [3.05, 3.63) is 42.1 Å². The predicted molar refractivity (Wildman–Crippen MR) is 74.4 cm³/mol. The zero-order chi connectivity index (χ0) is 13.2. The lowest BCUT2D eigenvalue weighted by Gasteiger charge is -2.33. The number of rotatable bonds is 4. The van der Waals surface area contributed by atoms with Crippen molar-refractivity contribution < 1.29 is 4.74 Å². The highest BCUT2D eigenvalue weighted by Crippen LogP contribution is 2.32. The first kappa shape index (κ1) is 13.0. The van der Waals surface area contributed by atoms with E-state index in [0.717, 1.165) is 22.9 Å². The Balaban J connectivity index is 2.54. The fraction of sp³-hybridized carbons (Fsp3) is 0.400. The van der Waals surface area contributed by atoms with Crippen LogP contribution < -0.4 is 5.73 Å². The van der Waals surface area contributed by atoms with Crippen LogP contribution >= 0.6 is 0 Å². The van der Waals surface area contributed by atoms with E-state index in [0.29, 0.717) is 0 Å². The zero-order valence-electron chi connectivity index (χ0n) is 11.2. The van der Waals surface area contributed by atoms with Gasteiger partial charge in [-0.1, -0.05) is 31.2 Å². The number of nitrogens with zero attached hydrogens (tertiary/aromatic N) is 1. The van der Waals surface area contributed by atoms with Crippen molar-refractivity contribution >= 4 is 10.9 Å². The second-order valence-corrected chi connectivity index (χ2v) is 4.77. The summed E-state index contributed by atoms with van der Waals surface area (Å²) >= 11 is 0. The molecule has 2 rings (SSSR count). The molecule has 0 saturated heterocycles. The van der Waals surface area contributed by atoms with Crippen LogP contribution in [-0.2, 0) is 4.74 Å². The minimum Gasteiger partial charge on any atom is -0.377 e. The Hall–Kier alpha value is -1.45. The summed E-state index contributed by atoms with van der Waals surface area (Å²) in [7, 11) is 1.71. The van der Waals surface area contributed by atoms with Gasteiger partial charge in [-0.05, 0) is 25.0 Å². The van der Waals surface area contributed by atoms with Gasteiger partial charge in [-0.2, -0.15) is 0 Å². The Morgan fingerprint density at radius 3 is 2.72 bits per heavy atom. The molecule has 0 bridgehead atoms. The van der Waals surface area contributed by atoms with Crippen molar-refractivity contribution in [3.63, 3.8) is 0 Å². The third-order valence-corrected chi connectivity index (χ3v) is 3.83. The molecule has 1 aromatic carbocycles. The molecular formula is C15H20N2O. The first-order chi connectivity index (χ1) is 8.62. The second-order valence-electron chi connectivity index (χ2n) is 4.77. The topological polar surface area (TPSA) is 48.1 Å². The molecule has 1 aromatic heterocycles. The summed E-state index contributed by atoms with van der Waals surface area (Å²) in [4.78, 5) is 4.45. The number of aromatic nitrogens is 1. The molecule has 3 nitrogen and oxygen atoms in total. The number of methoxy groups -OCH3 is 1. The monoisotopic (exact) mass is 244 g/mol. The third-order valence-electron chi connectivity index (χ3n) is 3.83. The highest BCUT2D eigenvalue weighted by atomic mass is 16.5. The second kappa shape index (κ2) is 5.04. The lowest BCUT2D eigenvalue weighted by Crippen LogP contribution is -2.39. The van der Waals surface area contributed by atoms with E-state index in [9.17, 15) is 0 Å². The lowest BCUT2D eigenvalue weighted by atomic mass is 9.87. The van der Waals surface area contributed by atoms with Crippen LogP contribution in [0.25, 0.3) is 10.9 Å². The maximum Gasteiger partial charge on any atom is 0.0840 e. The minimum absolute atomic E-state index is 0.189. The van der Waals surface area contributed by atoms with E-state index in [1.165, 1.54) is 0 Å². The van der Waals surface area contributed by atoms with Gasteiger partial charge >= 0.3 is 0 Å². The van der Waals surface area contributed by atoms with Crippen molar-refractivity contribution in [2.45, 2.75) is 31.9 Å². The van der Waals surface area contributed by atoms with Crippen LogP contribution in [0.1, 0.15) is 31.9 Å². The Labute approximate surface area is 108 Å². The lowest BCUT2D eigenvalue weighted by molar-refractivity contribution is -0.0191. The third kappa shape index (κ3) is 2.11. The summed E-state index contributed by atoms with van der Waals surface area (Å²) in [5.74, 6) is 0. The van der Waals surface area contributed by atoms with Gasteiger partial charge in [0.1, 0.15) is 0 Å². The summed E-state index contributed by atoms with van der Waals surface area (Å²) in [5, 5.41) is 1.11. The van der Waals surface area contributed by atoms with E-state index in [4.69, 9.17) is 10.5 Å². The van der Waals surface area contributed by atoms with Gasteiger partial charge in [0.05, 0.1) is 17.2 Å². The van der Waals surface area contributed by atoms with E-state index in [1.807, 2.05) is 25.1 Å². The molecule has 3 heteroatoms. The van der Waals surface area contributed by atoms with Gasteiger partial charge in [-0.3, -0.25) is 4.98 Å². The first-order valence-electron chi connectivity index (χ1n) is 6.26. The quantitative estimate of drug-likeness (QED) is 0.899. The molecule has 0 spiro atoms. The Morgan fingerprint density at radius 2 is 2.06 bits per heavy atom. The van der Waals surface area contributed by atoms with E-state index in [2.05, 4.69) is 24.0 Å². The number of nitrogens with two attached hydrogens (primary N) is 1. The molecule has 1 heterocycles. The van der Waals surface area contributed by atoms with Crippen LogP contribution in [0.3, 0.4) is 0 Å². The molecule has 0 saturated carbocycles. The number of pyridine rings is 1. The van der Waals surface area contributed by atoms with Crippen LogP contribution in [0.5, 0.6) is 0 Å². The van der Waals surface area contributed by atoms with Gasteiger partial charge in [0, 0.05) is 18.7 Å². The Kier molecular flexibility index (Phi) is 3.64. The standard InChI is InChI=1S/C15H20N2O/c1-4-15(2,18-3)14(16)12-9-5-7-11-8-6-10-17-13(11)12/h5-10,14H,4,16H2,1-3H3. The summed E-state index contributed by atoms with van der Waals surface area (Å²) < 4.78 is 5.60. The van der Waals surface area contributed by atoms with Gasteiger partial charge in [0.2, 0.25) is 0 Å². The van der Waals surface area contributed by atoms with E-state index in [-0.39, 0.29) is 11.6 Å². The summed E-state index contributed by atoms with van der Waals surface area (Å²) in [6.07, 6.45) is 2.66. The van der Waals surface area contributed by atoms with E-state index in [1.54, 1.807) is 13.3 Å². The fourth-order valence-electron chi connectivity index (χ4n) is 2.20. The summed E-state index contributed by atoms with van der Waals surface area (Å²) in [6, 6.07) is 9.90.